The van der Waals surface area contributed by atoms with Gasteiger partial charge in [-0.05, 0) is 12.1 Å². The Morgan fingerprint density at radius 2 is 1.94 bits per heavy atom. The topological polar surface area (TPSA) is 110 Å². The van der Waals surface area contributed by atoms with E-state index in [1.54, 1.807) is 18.2 Å². The minimum atomic E-state index is -0.489. The molecular formula is C11H11N5O2. The molecule has 92 valence electrons. The molecule has 0 aliphatic rings. The van der Waals surface area contributed by atoms with Gasteiger partial charge < -0.3 is 5.32 Å². The molecule has 0 fully saturated rings. The van der Waals surface area contributed by atoms with Crippen molar-refractivity contribution >= 4 is 22.8 Å². The maximum Gasteiger partial charge on any atom is 0.271 e. The van der Waals surface area contributed by atoms with Crippen molar-refractivity contribution in [3.63, 3.8) is 0 Å². The summed E-state index contributed by atoms with van der Waals surface area (Å²) in [6, 6.07) is 7.19. The lowest BCUT2D eigenvalue weighted by Gasteiger charge is -2.04. The van der Waals surface area contributed by atoms with Crippen molar-refractivity contribution in [2.75, 3.05) is 6.54 Å². The minimum Gasteiger partial charge on any atom is -0.342 e. The summed E-state index contributed by atoms with van der Waals surface area (Å²) in [5, 5.41) is 2.38. The molecule has 2 aromatic rings. The van der Waals surface area contributed by atoms with Crippen LogP contribution in [0.3, 0.4) is 0 Å². The van der Waals surface area contributed by atoms with Crippen molar-refractivity contribution in [2.45, 2.75) is 0 Å². The first kappa shape index (κ1) is 11.9. The zero-order chi connectivity index (χ0) is 13.0. The lowest BCUT2D eigenvalue weighted by molar-refractivity contribution is -0.120. The second-order valence-corrected chi connectivity index (χ2v) is 3.49. The lowest BCUT2D eigenvalue weighted by Crippen LogP contribution is -2.40. The molecule has 0 aliphatic carbocycles. The van der Waals surface area contributed by atoms with Crippen molar-refractivity contribution in [3.8, 4) is 0 Å². The van der Waals surface area contributed by atoms with Gasteiger partial charge in [0.15, 0.2) is 0 Å². The van der Waals surface area contributed by atoms with Gasteiger partial charge in [0.1, 0.15) is 5.69 Å². The van der Waals surface area contributed by atoms with Gasteiger partial charge in [-0.3, -0.25) is 20.0 Å². The van der Waals surface area contributed by atoms with Crippen LogP contribution in [0.1, 0.15) is 10.5 Å². The van der Waals surface area contributed by atoms with Gasteiger partial charge in [-0.2, -0.15) is 0 Å². The fourth-order valence-corrected chi connectivity index (χ4v) is 1.37. The molecule has 0 saturated heterocycles. The van der Waals surface area contributed by atoms with Gasteiger partial charge in [0.25, 0.3) is 11.8 Å². The van der Waals surface area contributed by atoms with E-state index < -0.39 is 11.8 Å². The van der Waals surface area contributed by atoms with Crippen LogP contribution < -0.4 is 16.6 Å². The molecule has 4 N–H and O–H groups in total. The summed E-state index contributed by atoms with van der Waals surface area (Å²) in [6.45, 7) is -0.205. The fourth-order valence-electron chi connectivity index (χ4n) is 1.37. The number of nitrogens with two attached hydrogens (primary N) is 1. The number of nitrogens with one attached hydrogen (secondary N) is 2. The van der Waals surface area contributed by atoms with E-state index in [9.17, 15) is 9.59 Å². The van der Waals surface area contributed by atoms with Crippen molar-refractivity contribution in [1.29, 1.82) is 0 Å². The van der Waals surface area contributed by atoms with E-state index in [4.69, 9.17) is 5.84 Å². The Balaban J connectivity index is 2.15. The highest BCUT2D eigenvalue weighted by molar-refractivity contribution is 5.95. The summed E-state index contributed by atoms with van der Waals surface area (Å²) in [4.78, 5) is 30.8. The number of nitrogens with zero attached hydrogens (tertiary/aromatic N) is 2. The molecule has 7 heteroatoms. The van der Waals surface area contributed by atoms with E-state index in [2.05, 4.69) is 15.3 Å². The van der Waals surface area contributed by atoms with E-state index in [-0.39, 0.29) is 12.2 Å². The number of fused-ring (bicyclic) bond motifs is 1. The molecule has 0 saturated carbocycles. The van der Waals surface area contributed by atoms with E-state index in [0.29, 0.717) is 11.0 Å². The first-order chi connectivity index (χ1) is 8.70. The van der Waals surface area contributed by atoms with E-state index in [1.807, 2.05) is 11.5 Å². The first-order valence-corrected chi connectivity index (χ1v) is 5.20. The number of hydrogen-bond donors (Lipinski definition) is 3. The Labute approximate surface area is 102 Å². The zero-order valence-electron chi connectivity index (χ0n) is 9.38. The average Bonchev–Trinajstić information content (AvgIpc) is 2.43. The van der Waals surface area contributed by atoms with Crippen LogP contribution in [0, 0.1) is 0 Å². The van der Waals surface area contributed by atoms with E-state index in [0.717, 1.165) is 0 Å². The van der Waals surface area contributed by atoms with Crippen molar-refractivity contribution < 1.29 is 9.59 Å². The van der Waals surface area contributed by atoms with Crippen LogP contribution >= 0.6 is 0 Å². The molecule has 1 aromatic carbocycles. The van der Waals surface area contributed by atoms with Crippen LogP contribution in [0.2, 0.25) is 0 Å². The van der Waals surface area contributed by atoms with Crippen molar-refractivity contribution in [2.24, 2.45) is 5.84 Å². The van der Waals surface area contributed by atoms with Crippen LogP contribution in [0.25, 0.3) is 11.0 Å². The molecule has 2 amide bonds. The standard InChI is InChI=1S/C11H11N5O2/c12-16-10(17)6-14-11(18)9-5-13-7-3-1-2-4-8(7)15-9/h1-5H,6,12H2,(H,14,18)(H,16,17). The molecule has 2 rings (SSSR count). The summed E-state index contributed by atoms with van der Waals surface area (Å²) in [5.74, 6) is 3.93. The van der Waals surface area contributed by atoms with Gasteiger partial charge in [-0.15, -0.1) is 0 Å². The Morgan fingerprint density at radius 1 is 1.22 bits per heavy atom. The number of carbonyl (C=O) groups excluding carboxylic acids is 2. The highest BCUT2D eigenvalue weighted by atomic mass is 16.2. The van der Waals surface area contributed by atoms with Crippen molar-refractivity contribution in [1.82, 2.24) is 20.7 Å². The number of benzene rings is 1. The molecule has 0 atom stereocenters. The van der Waals surface area contributed by atoms with Gasteiger partial charge in [-0.25, -0.2) is 10.8 Å². The third-order valence-electron chi connectivity index (χ3n) is 2.25. The number of hydrogen-bond acceptors (Lipinski definition) is 5. The predicted octanol–water partition coefficient (Wildman–Crippen LogP) is -0.650. The molecule has 0 bridgehead atoms. The Morgan fingerprint density at radius 3 is 2.67 bits per heavy atom. The normalized spacial score (nSPS) is 10.1. The smallest absolute Gasteiger partial charge is 0.271 e. The monoisotopic (exact) mass is 245 g/mol. The molecular weight excluding hydrogens is 234 g/mol. The summed E-state index contributed by atoms with van der Waals surface area (Å²) < 4.78 is 0. The first-order valence-electron chi connectivity index (χ1n) is 5.20. The van der Waals surface area contributed by atoms with Crippen LogP contribution in [0.5, 0.6) is 0 Å². The minimum absolute atomic E-state index is 0.151. The van der Waals surface area contributed by atoms with E-state index >= 15 is 0 Å². The third-order valence-corrected chi connectivity index (χ3v) is 2.25. The summed E-state index contributed by atoms with van der Waals surface area (Å²) in [6.07, 6.45) is 1.36. The summed E-state index contributed by atoms with van der Waals surface area (Å²) >= 11 is 0. The maximum atomic E-state index is 11.7. The fraction of sp³-hybridized carbons (Fsp3) is 0.0909. The molecule has 0 aliphatic heterocycles. The van der Waals surface area contributed by atoms with Crippen LogP contribution in [0.4, 0.5) is 0 Å². The Kier molecular flexibility index (Phi) is 3.44. The van der Waals surface area contributed by atoms with Crippen LogP contribution in [-0.2, 0) is 4.79 Å². The molecule has 0 spiro atoms. The average molecular weight is 245 g/mol. The molecule has 0 radical (unpaired) electrons. The van der Waals surface area contributed by atoms with Crippen molar-refractivity contribution in [3.05, 3.63) is 36.2 Å². The summed E-state index contributed by atoms with van der Waals surface area (Å²) in [7, 11) is 0. The van der Waals surface area contributed by atoms with Gasteiger partial charge in [0.05, 0.1) is 23.8 Å². The number of rotatable bonds is 3. The third kappa shape index (κ3) is 2.58. The van der Waals surface area contributed by atoms with Gasteiger partial charge in [0.2, 0.25) is 0 Å². The molecule has 1 heterocycles. The molecule has 7 nitrogen and oxygen atoms in total. The number of hydrazine groups is 1. The van der Waals surface area contributed by atoms with Crippen LogP contribution in [0.15, 0.2) is 30.5 Å². The second kappa shape index (κ2) is 5.19. The SMILES string of the molecule is NNC(=O)CNC(=O)c1cnc2ccccc2n1. The Hall–Kier alpha value is -2.54. The van der Waals surface area contributed by atoms with Gasteiger partial charge >= 0.3 is 0 Å². The lowest BCUT2D eigenvalue weighted by atomic mass is 10.3. The van der Waals surface area contributed by atoms with E-state index in [1.165, 1.54) is 6.20 Å². The zero-order valence-corrected chi connectivity index (χ0v) is 9.38. The largest absolute Gasteiger partial charge is 0.342 e. The quantitative estimate of drug-likeness (QED) is 0.378. The van der Waals surface area contributed by atoms with Crippen LogP contribution in [-0.4, -0.2) is 28.3 Å². The number of para-hydroxylation sites is 2. The number of aromatic nitrogens is 2. The highest BCUT2D eigenvalue weighted by Crippen LogP contribution is 2.08. The molecule has 0 unspecified atom stereocenters. The summed E-state index contributed by atoms with van der Waals surface area (Å²) in [5.41, 5.74) is 3.38. The maximum absolute atomic E-state index is 11.7. The van der Waals surface area contributed by atoms with Gasteiger partial charge in [0, 0.05) is 0 Å². The number of amides is 2. The predicted molar refractivity (Wildman–Crippen MR) is 64.2 cm³/mol. The Bertz CT molecular complexity index is 599. The molecule has 1 aromatic heterocycles. The number of carbonyl (C=O) groups is 2. The second-order valence-electron chi connectivity index (χ2n) is 3.49. The highest BCUT2D eigenvalue weighted by Gasteiger charge is 2.09. The molecule has 18 heavy (non-hydrogen) atoms. The van der Waals surface area contributed by atoms with Gasteiger partial charge in [-0.1, -0.05) is 12.1 Å².